The lowest BCUT2D eigenvalue weighted by Gasteiger charge is -2.19. The van der Waals surface area contributed by atoms with Crippen LogP contribution < -0.4 is 5.32 Å². The first-order chi connectivity index (χ1) is 12.0. The first-order valence-electron chi connectivity index (χ1n) is 7.78. The molecule has 0 fully saturated rings. The Balaban J connectivity index is 2.71. The summed E-state index contributed by atoms with van der Waals surface area (Å²) in [5.41, 5.74) is -0.334. The molecule has 1 amide bonds. The Labute approximate surface area is 151 Å². The summed E-state index contributed by atoms with van der Waals surface area (Å²) < 4.78 is 10.0. The van der Waals surface area contributed by atoms with Crippen LogP contribution in [0, 0.1) is 22.7 Å². The van der Waals surface area contributed by atoms with Gasteiger partial charge in [0.1, 0.15) is 11.5 Å². The van der Waals surface area contributed by atoms with Gasteiger partial charge in [0.25, 0.3) is 0 Å². The molecule has 0 aliphatic carbocycles. The second-order valence-corrected chi connectivity index (χ2v) is 6.50. The van der Waals surface area contributed by atoms with Crippen LogP contribution in [-0.4, -0.2) is 35.8 Å². The van der Waals surface area contributed by atoms with E-state index >= 15 is 0 Å². The number of ketones is 1. The number of carbonyl (C=O) groups excluding carboxylic acids is 3. The molecule has 0 bridgehead atoms. The minimum absolute atomic E-state index is 0.114. The molecular formula is C18H21N3O5. The minimum Gasteiger partial charge on any atom is -0.454 e. The van der Waals surface area contributed by atoms with Crippen molar-refractivity contribution in [2.45, 2.75) is 33.3 Å². The molecule has 0 spiro atoms. The number of anilines is 1. The SMILES string of the molecule is CC(=N)C(C#N)C(=O)COC(=O)c1cccc(NC(=O)OC(C)(C)C)c1. The van der Waals surface area contributed by atoms with Gasteiger partial charge in [-0.05, 0) is 45.9 Å². The fourth-order valence-electron chi connectivity index (χ4n) is 1.86. The number of esters is 1. The molecule has 0 heterocycles. The van der Waals surface area contributed by atoms with E-state index in [1.165, 1.54) is 25.1 Å². The minimum atomic E-state index is -1.23. The summed E-state index contributed by atoms with van der Waals surface area (Å²) in [4.78, 5) is 35.6. The van der Waals surface area contributed by atoms with E-state index in [4.69, 9.17) is 20.1 Å². The zero-order chi connectivity index (χ0) is 19.9. The predicted molar refractivity (Wildman–Crippen MR) is 94.1 cm³/mol. The summed E-state index contributed by atoms with van der Waals surface area (Å²) >= 11 is 0. The lowest BCUT2D eigenvalue weighted by molar-refractivity contribution is -0.122. The Morgan fingerprint density at radius 3 is 2.50 bits per heavy atom. The van der Waals surface area contributed by atoms with Gasteiger partial charge < -0.3 is 14.9 Å². The van der Waals surface area contributed by atoms with Gasteiger partial charge in [-0.2, -0.15) is 5.26 Å². The van der Waals surface area contributed by atoms with Crippen molar-refractivity contribution in [1.82, 2.24) is 0 Å². The molecule has 2 N–H and O–H groups in total. The number of nitriles is 1. The summed E-state index contributed by atoms with van der Waals surface area (Å²) in [6.07, 6.45) is -0.670. The van der Waals surface area contributed by atoms with Gasteiger partial charge in [-0.1, -0.05) is 6.07 Å². The van der Waals surface area contributed by atoms with Crippen molar-refractivity contribution in [1.29, 1.82) is 10.7 Å². The van der Waals surface area contributed by atoms with E-state index < -0.39 is 36.0 Å². The molecule has 1 unspecified atom stereocenters. The highest BCUT2D eigenvalue weighted by atomic mass is 16.6. The highest BCUT2D eigenvalue weighted by Crippen LogP contribution is 2.14. The molecule has 8 nitrogen and oxygen atoms in total. The lowest BCUT2D eigenvalue weighted by Crippen LogP contribution is -2.27. The normalized spacial score (nSPS) is 11.7. The second kappa shape index (κ2) is 8.76. The van der Waals surface area contributed by atoms with Crippen LogP contribution in [0.1, 0.15) is 38.1 Å². The number of nitrogens with zero attached hydrogens (tertiary/aromatic N) is 1. The van der Waals surface area contributed by atoms with E-state index in [9.17, 15) is 14.4 Å². The van der Waals surface area contributed by atoms with E-state index in [0.29, 0.717) is 5.69 Å². The molecule has 8 heteroatoms. The molecular weight excluding hydrogens is 338 g/mol. The van der Waals surface area contributed by atoms with E-state index in [2.05, 4.69) is 5.32 Å². The van der Waals surface area contributed by atoms with Gasteiger partial charge in [0, 0.05) is 11.4 Å². The number of amides is 1. The van der Waals surface area contributed by atoms with Crippen LogP contribution in [0.3, 0.4) is 0 Å². The smallest absolute Gasteiger partial charge is 0.412 e. The third-order valence-corrected chi connectivity index (χ3v) is 2.97. The average molecular weight is 359 g/mol. The zero-order valence-corrected chi connectivity index (χ0v) is 15.1. The van der Waals surface area contributed by atoms with Crippen LogP contribution in [-0.2, 0) is 14.3 Å². The first kappa shape index (κ1) is 20.8. The number of ether oxygens (including phenoxy) is 2. The van der Waals surface area contributed by atoms with E-state index in [1.807, 2.05) is 0 Å². The summed E-state index contributed by atoms with van der Waals surface area (Å²) in [5.74, 6) is -2.69. The van der Waals surface area contributed by atoms with Crippen LogP contribution in [0.2, 0.25) is 0 Å². The number of rotatable bonds is 6. The maximum atomic E-state index is 12.0. The van der Waals surface area contributed by atoms with Crippen molar-refractivity contribution in [2.75, 3.05) is 11.9 Å². The van der Waals surface area contributed by atoms with Crippen molar-refractivity contribution in [3.8, 4) is 6.07 Å². The summed E-state index contributed by atoms with van der Waals surface area (Å²) in [6.45, 7) is 5.89. The third-order valence-electron chi connectivity index (χ3n) is 2.97. The molecule has 1 rings (SSSR count). The molecule has 1 aromatic rings. The Kier molecular flexibility index (Phi) is 7.02. The van der Waals surface area contributed by atoms with Gasteiger partial charge in [-0.3, -0.25) is 10.1 Å². The highest BCUT2D eigenvalue weighted by molar-refractivity contribution is 6.06. The molecule has 0 saturated carbocycles. The van der Waals surface area contributed by atoms with Crippen LogP contribution in [0.25, 0.3) is 0 Å². The summed E-state index contributed by atoms with van der Waals surface area (Å²) in [7, 11) is 0. The topological polar surface area (TPSA) is 129 Å². The number of Topliss-reactive ketones (excluding diaryl/α,β-unsaturated/α-hetero) is 1. The molecule has 138 valence electrons. The van der Waals surface area contributed by atoms with E-state index in [-0.39, 0.29) is 11.3 Å². The monoisotopic (exact) mass is 359 g/mol. The maximum absolute atomic E-state index is 12.0. The molecule has 0 radical (unpaired) electrons. The molecule has 0 aromatic heterocycles. The quantitative estimate of drug-likeness (QED) is 0.593. The molecule has 0 aliphatic heterocycles. The number of benzene rings is 1. The van der Waals surface area contributed by atoms with Crippen LogP contribution in [0.15, 0.2) is 24.3 Å². The fourth-order valence-corrected chi connectivity index (χ4v) is 1.86. The first-order valence-corrected chi connectivity index (χ1v) is 7.78. The average Bonchev–Trinajstić information content (AvgIpc) is 2.51. The van der Waals surface area contributed by atoms with E-state index in [1.54, 1.807) is 32.9 Å². The van der Waals surface area contributed by atoms with Crippen LogP contribution in [0.4, 0.5) is 10.5 Å². The summed E-state index contributed by atoms with van der Waals surface area (Å²) in [5, 5.41) is 18.7. The van der Waals surface area contributed by atoms with Crippen molar-refractivity contribution in [3.05, 3.63) is 29.8 Å². The zero-order valence-electron chi connectivity index (χ0n) is 15.1. The fraction of sp³-hybridized carbons (Fsp3) is 0.389. The Hall–Kier alpha value is -3.21. The van der Waals surface area contributed by atoms with E-state index in [0.717, 1.165) is 0 Å². The van der Waals surface area contributed by atoms with Crippen molar-refractivity contribution >= 4 is 29.2 Å². The van der Waals surface area contributed by atoms with Gasteiger partial charge in [-0.15, -0.1) is 0 Å². The van der Waals surface area contributed by atoms with Gasteiger partial charge in [-0.25, -0.2) is 9.59 Å². The van der Waals surface area contributed by atoms with Crippen molar-refractivity contribution in [3.63, 3.8) is 0 Å². The third kappa shape index (κ3) is 6.73. The molecule has 26 heavy (non-hydrogen) atoms. The largest absolute Gasteiger partial charge is 0.454 e. The number of hydrogen-bond donors (Lipinski definition) is 2. The van der Waals surface area contributed by atoms with Crippen molar-refractivity contribution < 1.29 is 23.9 Å². The maximum Gasteiger partial charge on any atom is 0.412 e. The van der Waals surface area contributed by atoms with Gasteiger partial charge in [0.05, 0.1) is 11.6 Å². The Bertz CT molecular complexity index is 759. The molecule has 0 saturated heterocycles. The molecule has 0 aliphatic rings. The van der Waals surface area contributed by atoms with Gasteiger partial charge in [0.15, 0.2) is 12.4 Å². The van der Waals surface area contributed by atoms with Gasteiger partial charge in [0.2, 0.25) is 0 Å². The summed E-state index contributed by atoms with van der Waals surface area (Å²) in [6, 6.07) is 7.62. The molecule has 1 aromatic carbocycles. The Morgan fingerprint density at radius 2 is 1.96 bits per heavy atom. The highest BCUT2D eigenvalue weighted by Gasteiger charge is 2.22. The number of hydrogen-bond acceptors (Lipinski definition) is 7. The Morgan fingerprint density at radius 1 is 1.31 bits per heavy atom. The van der Waals surface area contributed by atoms with Gasteiger partial charge >= 0.3 is 12.1 Å². The predicted octanol–water partition coefficient (Wildman–Crippen LogP) is 2.94. The second-order valence-electron chi connectivity index (χ2n) is 6.50. The molecule has 1 atom stereocenters. The van der Waals surface area contributed by atoms with Crippen LogP contribution >= 0.6 is 0 Å². The van der Waals surface area contributed by atoms with Crippen LogP contribution in [0.5, 0.6) is 0 Å². The number of nitrogens with one attached hydrogen (secondary N) is 2. The number of carbonyl (C=O) groups is 3. The van der Waals surface area contributed by atoms with Crippen molar-refractivity contribution in [2.24, 2.45) is 5.92 Å². The standard InChI is InChI=1S/C18H21N3O5/c1-11(20)14(9-19)15(22)10-25-16(23)12-6-5-7-13(8-12)21-17(24)26-18(2,3)4/h5-8,14,20H,10H2,1-4H3,(H,21,24). The lowest BCUT2D eigenvalue weighted by atomic mass is 10.0.